The fraction of sp³-hybridized carbons (Fsp3) is 0.235. The van der Waals surface area contributed by atoms with Crippen molar-refractivity contribution in [3.63, 3.8) is 0 Å². The molecule has 19 heavy (non-hydrogen) atoms. The fourth-order valence-corrected chi connectivity index (χ4v) is 2.32. The normalized spacial score (nSPS) is 10.4. The van der Waals surface area contributed by atoms with Crippen molar-refractivity contribution in [2.45, 2.75) is 25.7 Å². The maximum atomic E-state index is 11.9. The van der Waals surface area contributed by atoms with Crippen LogP contribution in [-0.2, 0) is 17.6 Å². The molecule has 0 aliphatic heterocycles. The van der Waals surface area contributed by atoms with Gasteiger partial charge in [0, 0.05) is 17.3 Å². The van der Waals surface area contributed by atoms with Gasteiger partial charge in [-0.2, -0.15) is 0 Å². The van der Waals surface area contributed by atoms with Crippen molar-refractivity contribution in [1.82, 2.24) is 0 Å². The lowest BCUT2D eigenvalue weighted by Gasteiger charge is -2.02. The molecule has 1 nitrogen and oxygen atoms in total. The third kappa shape index (κ3) is 4.99. The van der Waals surface area contributed by atoms with E-state index >= 15 is 0 Å². The molecule has 2 heteroatoms. The van der Waals surface area contributed by atoms with E-state index in [0.717, 1.165) is 22.9 Å². The summed E-state index contributed by atoms with van der Waals surface area (Å²) in [6, 6.07) is 18.3. The van der Waals surface area contributed by atoms with E-state index < -0.39 is 0 Å². The summed E-state index contributed by atoms with van der Waals surface area (Å²) in [7, 11) is 0. The smallest absolute Gasteiger partial charge is 0.137 e. The molecule has 2 aromatic rings. The lowest BCUT2D eigenvalue weighted by atomic mass is 10.0. The number of halogens is 1. The topological polar surface area (TPSA) is 17.1 Å². The minimum atomic E-state index is 0.318. The molecular formula is C17H17BrO. The Morgan fingerprint density at radius 3 is 2.26 bits per heavy atom. The number of ketones is 1. The van der Waals surface area contributed by atoms with Crippen LogP contribution in [0.5, 0.6) is 0 Å². The molecule has 0 saturated heterocycles. The van der Waals surface area contributed by atoms with Gasteiger partial charge in [-0.05, 0) is 36.1 Å². The van der Waals surface area contributed by atoms with E-state index in [1.54, 1.807) is 0 Å². The van der Waals surface area contributed by atoms with E-state index in [2.05, 4.69) is 28.1 Å². The molecule has 0 heterocycles. The number of carbonyl (C=O) groups excluding carboxylic acids is 1. The first-order valence-electron chi connectivity index (χ1n) is 6.54. The van der Waals surface area contributed by atoms with Crippen molar-refractivity contribution >= 4 is 21.7 Å². The van der Waals surface area contributed by atoms with E-state index in [0.29, 0.717) is 18.6 Å². The van der Waals surface area contributed by atoms with Crippen LogP contribution in [0, 0.1) is 0 Å². The Hall–Kier alpha value is -1.41. The quantitative estimate of drug-likeness (QED) is 0.762. The Balaban J connectivity index is 1.74. The van der Waals surface area contributed by atoms with Crippen LogP contribution in [0.15, 0.2) is 59.1 Å². The van der Waals surface area contributed by atoms with E-state index in [-0.39, 0.29) is 0 Å². The van der Waals surface area contributed by atoms with Crippen LogP contribution in [0.3, 0.4) is 0 Å². The van der Waals surface area contributed by atoms with E-state index in [1.165, 1.54) is 5.56 Å². The standard InChI is InChI=1S/C17H17BrO/c18-16-11-9-15(10-12-16)13-17(19)8-4-7-14-5-2-1-3-6-14/h1-3,5-6,9-12H,4,7-8,13H2. The van der Waals surface area contributed by atoms with Crippen molar-refractivity contribution in [2.75, 3.05) is 0 Å². The van der Waals surface area contributed by atoms with Crippen LogP contribution in [0.4, 0.5) is 0 Å². The van der Waals surface area contributed by atoms with Crippen molar-refractivity contribution in [1.29, 1.82) is 0 Å². The molecule has 0 radical (unpaired) electrons. The molecule has 2 rings (SSSR count). The molecule has 2 aromatic carbocycles. The molecule has 0 aromatic heterocycles. The summed E-state index contributed by atoms with van der Waals surface area (Å²) in [5, 5.41) is 0. The number of hydrogen-bond acceptors (Lipinski definition) is 1. The molecule has 0 saturated carbocycles. The summed E-state index contributed by atoms with van der Waals surface area (Å²) >= 11 is 3.39. The van der Waals surface area contributed by atoms with Gasteiger partial charge in [-0.3, -0.25) is 4.79 Å². The predicted octanol–water partition coefficient (Wildman–Crippen LogP) is 4.58. The SMILES string of the molecule is O=C(CCCc1ccccc1)Cc1ccc(Br)cc1. The van der Waals surface area contributed by atoms with Gasteiger partial charge in [-0.15, -0.1) is 0 Å². The molecule has 0 bridgehead atoms. The number of hydrogen-bond donors (Lipinski definition) is 0. The van der Waals surface area contributed by atoms with Crippen LogP contribution >= 0.6 is 15.9 Å². The molecule has 0 aliphatic carbocycles. The first kappa shape index (κ1) is 14.0. The Morgan fingerprint density at radius 2 is 1.58 bits per heavy atom. The summed E-state index contributed by atoms with van der Waals surface area (Å²) in [5.74, 6) is 0.318. The average Bonchev–Trinajstić information content (AvgIpc) is 2.43. The van der Waals surface area contributed by atoms with Gasteiger partial charge in [0.1, 0.15) is 5.78 Å². The number of Topliss-reactive ketones (excluding diaryl/α,β-unsaturated/α-hetero) is 1. The van der Waals surface area contributed by atoms with E-state index in [1.807, 2.05) is 42.5 Å². The Labute approximate surface area is 122 Å². The van der Waals surface area contributed by atoms with Gasteiger partial charge in [0.05, 0.1) is 0 Å². The van der Waals surface area contributed by atoms with Crippen LogP contribution in [0.1, 0.15) is 24.0 Å². The second-order valence-corrected chi connectivity index (χ2v) is 5.60. The minimum absolute atomic E-state index is 0.318. The number of aryl methyl sites for hydroxylation is 1. The molecule has 0 N–H and O–H groups in total. The van der Waals surface area contributed by atoms with Crippen LogP contribution in [-0.4, -0.2) is 5.78 Å². The molecule has 0 spiro atoms. The highest BCUT2D eigenvalue weighted by molar-refractivity contribution is 9.10. The number of benzene rings is 2. The highest BCUT2D eigenvalue weighted by atomic mass is 79.9. The van der Waals surface area contributed by atoms with E-state index in [4.69, 9.17) is 0 Å². The van der Waals surface area contributed by atoms with Crippen LogP contribution in [0.25, 0.3) is 0 Å². The van der Waals surface area contributed by atoms with Crippen molar-refractivity contribution in [2.24, 2.45) is 0 Å². The molecule has 0 unspecified atom stereocenters. The molecule has 0 atom stereocenters. The third-order valence-corrected chi connectivity index (χ3v) is 3.61. The predicted molar refractivity (Wildman–Crippen MR) is 82.2 cm³/mol. The molecule has 0 fully saturated rings. The zero-order valence-corrected chi connectivity index (χ0v) is 12.4. The second-order valence-electron chi connectivity index (χ2n) is 4.68. The Morgan fingerprint density at radius 1 is 0.895 bits per heavy atom. The largest absolute Gasteiger partial charge is 0.299 e. The minimum Gasteiger partial charge on any atom is -0.299 e. The Bertz CT molecular complexity index is 517. The van der Waals surface area contributed by atoms with E-state index in [9.17, 15) is 4.79 Å². The summed E-state index contributed by atoms with van der Waals surface area (Å²) in [6.07, 6.45) is 3.11. The maximum Gasteiger partial charge on any atom is 0.137 e. The summed E-state index contributed by atoms with van der Waals surface area (Å²) in [5.41, 5.74) is 2.40. The van der Waals surface area contributed by atoms with Gasteiger partial charge in [0.25, 0.3) is 0 Å². The molecule has 0 aliphatic rings. The van der Waals surface area contributed by atoms with Gasteiger partial charge in [-0.25, -0.2) is 0 Å². The lowest BCUT2D eigenvalue weighted by molar-refractivity contribution is -0.118. The van der Waals surface area contributed by atoms with Gasteiger partial charge in [0.15, 0.2) is 0 Å². The zero-order chi connectivity index (χ0) is 13.5. The van der Waals surface area contributed by atoms with Gasteiger partial charge >= 0.3 is 0 Å². The van der Waals surface area contributed by atoms with Gasteiger partial charge in [0.2, 0.25) is 0 Å². The Kier molecular flexibility index (Phi) is 5.34. The van der Waals surface area contributed by atoms with Gasteiger partial charge in [-0.1, -0.05) is 58.4 Å². The average molecular weight is 317 g/mol. The number of rotatable bonds is 6. The van der Waals surface area contributed by atoms with Gasteiger partial charge < -0.3 is 0 Å². The zero-order valence-electron chi connectivity index (χ0n) is 10.8. The third-order valence-electron chi connectivity index (χ3n) is 3.08. The highest BCUT2D eigenvalue weighted by Crippen LogP contribution is 2.12. The molecule has 0 amide bonds. The monoisotopic (exact) mass is 316 g/mol. The number of carbonyl (C=O) groups is 1. The molecular weight excluding hydrogens is 300 g/mol. The molecule has 98 valence electrons. The summed E-state index contributed by atoms with van der Waals surface area (Å²) < 4.78 is 1.05. The first-order valence-corrected chi connectivity index (χ1v) is 7.33. The van der Waals surface area contributed by atoms with Crippen LogP contribution in [0.2, 0.25) is 0 Å². The van der Waals surface area contributed by atoms with Crippen LogP contribution < -0.4 is 0 Å². The second kappa shape index (κ2) is 7.25. The maximum absolute atomic E-state index is 11.9. The first-order chi connectivity index (χ1) is 9.24. The van der Waals surface area contributed by atoms with Crippen molar-refractivity contribution in [3.05, 3.63) is 70.2 Å². The van der Waals surface area contributed by atoms with Crippen molar-refractivity contribution < 1.29 is 4.79 Å². The summed E-state index contributed by atoms with van der Waals surface area (Å²) in [6.45, 7) is 0. The highest BCUT2D eigenvalue weighted by Gasteiger charge is 2.04. The fourth-order valence-electron chi connectivity index (χ4n) is 2.05. The summed E-state index contributed by atoms with van der Waals surface area (Å²) in [4.78, 5) is 11.9. The lowest BCUT2D eigenvalue weighted by Crippen LogP contribution is -2.03. The van der Waals surface area contributed by atoms with Crippen molar-refractivity contribution in [3.8, 4) is 0 Å².